The highest BCUT2D eigenvalue weighted by Crippen LogP contribution is 2.27. The minimum absolute atomic E-state index is 0.618. The van der Waals surface area contributed by atoms with Crippen molar-refractivity contribution in [2.24, 2.45) is 0 Å². The summed E-state index contributed by atoms with van der Waals surface area (Å²) in [7, 11) is 0. The van der Waals surface area contributed by atoms with Crippen molar-refractivity contribution in [2.45, 2.75) is 226 Å². The molecule has 0 radical (unpaired) electrons. The second-order valence-corrected chi connectivity index (χ2v) is 13.3. The van der Waals surface area contributed by atoms with E-state index < -0.39 is 0 Å². The maximum absolute atomic E-state index is 3.71. The van der Waals surface area contributed by atoms with Gasteiger partial charge in [-0.1, -0.05) is 181 Å². The molecule has 0 bridgehead atoms. The number of aromatic amines is 1. The van der Waals surface area contributed by atoms with Gasteiger partial charge in [0.2, 0.25) is 0 Å². The van der Waals surface area contributed by atoms with Crippen molar-refractivity contribution in [1.82, 2.24) is 4.98 Å². The van der Waals surface area contributed by atoms with Crippen LogP contribution in [-0.2, 0) is 0 Å². The summed E-state index contributed by atoms with van der Waals surface area (Å²) >= 11 is 0. The Morgan fingerprint density at radius 1 is 0.475 bits per heavy atom. The molecule has 1 rings (SSSR count). The van der Waals surface area contributed by atoms with Crippen molar-refractivity contribution in [2.75, 3.05) is 0 Å². The van der Waals surface area contributed by atoms with Gasteiger partial charge >= 0.3 is 0 Å². The van der Waals surface area contributed by atoms with Crippen LogP contribution in [0.5, 0.6) is 0 Å². The molecule has 2 nitrogen and oxygen atoms in total. The molecule has 0 saturated heterocycles. The summed E-state index contributed by atoms with van der Waals surface area (Å²) in [5, 5.41) is 0. The lowest BCUT2D eigenvalue weighted by atomic mass is 9.92. The van der Waals surface area contributed by atoms with Gasteiger partial charge in [-0.3, -0.25) is 0 Å². The third-order valence-electron chi connectivity index (χ3n) is 9.39. The fraction of sp³-hybridized carbons (Fsp3) is 0.921. The average Bonchev–Trinajstić information content (AvgIpc) is 3.46. The standard InChI is InChI=1S/C38H74N2/c1-5-8-11-13-15-17-19-21-23-25-27-29-32-37(38-39-34-35-40(38)36(4)31-10-7-3)33-30-28-26-24-22-20-18-16-14-12-9-6-2/h34-37H,5-33H2,1-4H3/p+1. The molecular weight excluding hydrogens is 484 g/mol. The quantitative estimate of drug-likeness (QED) is 0.0689. The maximum Gasteiger partial charge on any atom is 0.257 e. The van der Waals surface area contributed by atoms with Crippen LogP contribution >= 0.6 is 0 Å². The Balaban J connectivity index is 2.32. The zero-order valence-electron chi connectivity index (χ0n) is 28.3. The van der Waals surface area contributed by atoms with Crippen molar-refractivity contribution < 1.29 is 4.57 Å². The minimum Gasteiger partial charge on any atom is -0.247 e. The van der Waals surface area contributed by atoms with E-state index >= 15 is 0 Å². The van der Waals surface area contributed by atoms with Gasteiger partial charge in [0.25, 0.3) is 5.82 Å². The summed E-state index contributed by atoms with van der Waals surface area (Å²) in [6.45, 7) is 9.37. The van der Waals surface area contributed by atoms with Crippen molar-refractivity contribution in [3.63, 3.8) is 0 Å². The number of rotatable bonds is 31. The fourth-order valence-electron chi connectivity index (χ4n) is 6.59. The van der Waals surface area contributed by atoms with Crippen molar-refractivity contribution in [3.8, 4) is 0 Å². The Bertz CT molecular complexity index is 593. The molecule has 2 heteroatoms. The van der Waals surface area contributed by atoms with Gasteiger partial charge in [-0.05, 0) is 32.6 Å². The van der Waals surface area contributed by atoms with Crippen LogP contribution in [0.1, 0.15) is 232 Å². The number of aromatic nitrogens is 2. The Kier molecular flexibility index (Phi) is 26.4. The molecule has 1 atom stereocenters. The van der Waals surface area contributed by atoms with E-state index in [9.17, 15) is 0 Å². The summed E-state index contributed by atoms with van der Waals surface area (Å²) < 4.78 is 2.60. The predicted molar refractivity (Wildman–Crippen MR) is 179 cm³/mol. The lowest BCUT2D eigenvalue weighted by Gasteiger charge is -2.17. The summed E-state index contributed by atoms with van der Waals surface area (Å²) in [5.41, 5.74) is 0. The van der Waals surface area contributed by atoms with E-state index in [-0.39, 0.29) is 0 Å². The van der Waals surface area contributed by atoms with Crippen molar-refractivity contribution in [3.05, 3.63) is 18.2 Å². The van der Waals surface area contributed by atoms with Gasteiger partial charge in [-0.2, -0.15) is 0 Å². The van der Waals surface area contributed by atoms with E-state index in [1.54, 1.807) is 0 Å². The molecule has 1 heterocycles. The topological polar surface area (TPSA) is 19.7 Å². The van der Waals surface area contributed by atoms with Crippen LogP contribution < -0.4 is 4.57 Å². The van der Waals surface area contributed by atoms with Crippen LogP contribution in [0.3, 0.4) is 0 Å². The highest BCUT2D eigenvalue weighted by Gasteiger charge is 2.25. The smallest absolute Gasteiger partial charge is 0.247 e. The Labute approximate surface area is 253 Å². The van der Waals surface area contributed by atoms with Crippen molar-refractivity contribution in [1.29, 1.82) is 0 Å². The predicted octanol–water partition coefficient (Wildman–Crippen LogP) is 13.3. The largest absolute Gasteiger partial charge is 0.257 e. The second kappa shape index (κ2) is 28.3. The van der Waals surface area contributed by atoms with E-state index in [2.05, 4.69) is 49.6 Å². The highest BCUT2D eigenvalue weighted by atomic mass is 15.1. The first kappa shape index (κ1) is 37.2. The number of nitrogens with one attached hydrogen (secondary N) is 1. The van der Waals surface area contributed by atoms with Crippen LogP contribution in [0, 0.1) is 0 Å². The van der Waals surface area contributed by atoms with Crippen LogP contribution in [0.25, 0.3) is 0 Å². The first-order valence-electron chi connectivity index (χ1n) is 18.8. The van der Waals surface area contributed by atoms with E-state index in [0.717, 1.165) is 0 Å². The molecule has 0 amide bonds. The molecule has 0 aliphatic rings. The summed E-state index contributed by atoms with van der Waals surface area (Å²) in [4.78, 5) is 3.71. The van der Waals surface area contributed by atoms with E-state index in [1.165, 1.54) is 192 Å². The Morgan fingerprint density at radius 2 is 0.825 bits per heavy atom. The van der Waals surface area contributed by atoms with Gasteiger partial charge in [0.15, 0.2) is 0 Å². The van der Waals surface area contributed by atoms with Crippen LogP contribution in [0.4, 0.5) is 0 Å². The van der Waals surface area contributed by atoms with Gasteiger partial charge < -0.3 is 0 Å². The third kappa shape index (κ3) is 20.1. The summed E-state index contributed by atoms with van der Waals surface area (Å²) in [5.74, 6) is 2.24. The first-order chi connectivity index (χ1) is 19.7. The minimum atomic E-state index is 0.618. The van der Waals surface area contributed by atoms with Gasteiger partial charge in [-0.15, -0.1) is 0 Å². The van der Waals surface area contributed by atoms with Crippen LogP contribution in [0.15, 0.2) is 12.4 Å². The molecule has 0 fully saturated rings. The molecule has 0 aromatic carbocycles. The number of hydrogen-bond acceptors (Lipinski definition) is 0. The van der Waals surface area contributed by atoms with Gasteiger partial charge in [0.05, 0.1) is 12.0 Å². The second-order valence-electron chi connectivity index (χ2n) is 13.3. The van der Waals surface area contributed by atoms with E-state index in [4.69, 9.17) is 0 Å². The van der Waals surface area contributed by atoms with E-state index in [1.807, 2.05) is 0 Å². The number of hydrogen-bond donors (Lipinski definition) is 1. The molecule has 1 aromatic heterocycles. The number of nitrogens with zero attached hydrogens (tertiary/aromatic N) is 1. The monoisotopic (exact) mass is 560 g/mol. The average molecular weight is 560 g/mol. The van der Waals surface area contributed by atoms with E-state index in [0.29, 0.717) is 12.0 Å². The Morgan fingerprint density at radius 3 is 1.20 bits per heavy atom. The number of H-pyrrole nitrogens is 1. The zero-order valence-corrected chi connectivity index (χ0v) is 28.3. The van der Waals surface area contributed by atoms with Crippen LogP contribution in [-0.4, -0.2) is 4.98 Å². The molecule has 0 saturated carbocycles. The number of unbranched alkanes of at least 4 members (excludes halogenated alkanes) is 23. The SMILES string of the molecule is CCCCCCCCCCCCCCC(CCCCCCCCCCCCCC)c1[nH]cc[n+]1C(C)CCCC. The lowest BCUT2D eigenvalue weighted by Crippen LogP contribution is -2.41. The zero-order chi connectivity index (χ0) is 28.9. The third-order valence-corrected chi connectivity index (χ3v) is 9.39. The molecule has 0 aliphatic heterocycles. The molecular formula is C38H75N2+. The molecule has 0 aliphatic carbocycles. The first-order valence-corrected chi connectivity index (χ1v) is 18.8. The maximum atomic E-state index is 3.71. The normalized spacial score (nSPS) is 12.5. The molecule has 40 heavy (non-hydrogen) atoms. The fourth-order valence-corrected chi connectivity index (χ4v) is 6.59. The molecule has 0 spiro atoms. The van der Waals surface area contributed by atoms with Gasteiger partial charge in [0.1, 0.15) is 12.4 Å². The molecule has 1 unspecified atom stereocenters. The highest BCUT2D eigenvalue weighted by molar-refractivity contribution is 4.90. The van der Waals surface area contributed by atoms with Gasteiger partial charge in [0, 0.05) is 0 Å². The number of imidazole rings is 1. The van der Waals surface area contributed by atoms with Crippen molar-refractivity contribution >= 4 is 0 Å². The molecule has 236 valence electrons. The van der Waals surface area contributed by atoms with Crippen LogP contribution in [0.2, 0.25) is 0 Å². The lowest BCUT2D eigenvalue weighted by molar-refractivity contribution is -0.727. The summed E-state index contributed by atoms with van der Waals surface area (Å²) in [6, 6.07) is 0.618. The summed E-state index contributed by atoms with van der Waals surface area (Å²) in [6.07, 6.45) is 45.8. The Hall–Kier alpha value is -0.790. The molecule has 1 N–H and O–H groups in total. The molecule has 1 aromatic rings. The van der Waals surface area contributed by atoms with Gasteiger partial charge in [-0.25, -0.2) is 9.55 Å².